The minimum absolute atomic E-state index is 0.281. The highest BCUT2D eigenvalue weighted by molar-refractivity contribution is 5.69. The van der Waals surface area contributed by atoms with E-state index in [1.807, 2.05) is 32.0 Å². The Bertz CT molecular complexity index is 707. The molecule has 2 rings (SSSR count). The van der Waals surface area contributed by atoms with E-state index in [4.69, 9.17) is 4.74 Å². The van der Waals surface area contributed by atoms with E-state index in [1.54, 1.807) is 6.07 Å². The van der Waals surface area contributed by atoms with Gasteiger partial charge in [0.25, 0.3) is 0 Å². The van der Waals surface area contributed by atoms with Gasteiger partial charge in [0.2, 0.25) is 0 Å². The summed E-state index contributed by atoms with van der Waals surface area (Å²) < 4.78 is 5.18. The molecule has 1 N–H and O–H groups in total. The molecule has 3 nitrogen and oxygen atoms in total. The maximum Gasteiger partial charge on any atom is 0.308 e. The summed E-state index contributed by atoms with van der Waals surface area (Å²) in [6, 6.07) is 9.59. The van der Waals surface area contributed by atoms with E-state index in [2.05, 4.69) is 19.9 Å². The summed E-state index contributed by atoms with van der Waals surface area (Å²) in [5.74, 6) is 0.910. The highest BCUT2D eigenvalue weighted by atomic mass is 16.5. The summed E-state index contributed by atoms with van der Waals surface area (Å²) in [5.41, 5.74) is 5.55. The van der Waals surface area contributed by atoms with Gasteiger partial charge in [0.1, 0.15) is 11.5 Å². The zero-order chi connectivity index (χ0) is 17.1. The van der Waals surface area contributed by atoms with Crippen molar-refractivity contribution in [2.24, 2.45) is 0 Å². The minimum Gasteiger partial charge on any atom is -0.508 e. The number of ether oxygens (including phenoxy) is 1. The van der Waals surface area contributed by atoms with Crippen LogP contribution in [0, 0.1) is 13.8 Å². The van der Waals surface area contributed by atoms with Crippen molar-refractivity contribution >= 4 is 5.97 Å². The van der Waals surface area contributed by atoms with Crippen LogP contribution < -0.4 is 4.74 Å². The molecule has 122 valence electrons. The van der Waals surface area contributed by atoms with Crippen LogP contribution in [0.15, 0.2) is 30.3 Å². The lowest BCUT2D eigenvalue weighted by atomic mass is 9.93. The van der Waals surface area contributed by atoms with Crippen LogP contribution in [0.4, 0.5) is 0 Å². The first kappa shape index (κ1) is 17.1. The fourth-order valence-electron chi connectivity index (χ4n) is 2.84. The summed E-state index contributed by atoms with van der Waals surface area (Å²) in [5, 5.41) is 9.95. The molecule has 0 aliphatic carbocycles. The predicted octanol–water partition coefficient (Wildman–Crippen LogP) is 4.65. The Morgan fingerprint density at radius 3 is 2.26 bits per heavy atom. The maximum atomic E-state index is 11.1. The number of phenolic OH excluding ortho intramolecular Hbond substituents is 1. The van der Waals surface area contributed by atoms with Crippen LogP contribution in [0.5, 0.6) is 11.5 Å². The largest absolute Gasteiger partial charge is 0.508 e. The van der Waals surface area contributed by atoms with Crippen LogP contribution in [0.25, 0.3) is 0 Å². The lowest BCUT2D eigenvalue weighted by Crippen LogP contribution is -2.04. The second-order valence-corrected chi connectivity index (χ2v) is 6.35. The van der Waals surface area contributed by atoms with Crippen LogP contribution in [-0.4, -0.2) is 11.1 Å². The first-order chi connectivity index (χ1) is 10.8. The second kappa shape index (κ2) is 6.86. The average Bonchev–Trinajstić information content (AvgIpc) is 2.43. The highest BCUT2D eigenvalue weighted by Crippen LogP contribution is 2.29. The monoisotopic (exact) mass is 312 g/mol. The molecule has 2 aromatic carbocycles. The second-order valence-electron chi connectivity index (χ2n) is 6.35. The predicted molar refractivity (Wildman–Crippen MR) is 92.2 cm³/mol. The molecule has 0 amide bonds. The van der Waals surface area contributed by atoms with Gasteiger partial charge in [0.15, 0.2) is 0 Å². The van der Waals surface area contributed by atoms with Crippen LogP contribution >= 0.6 is 0 Å². The number of esters is 1. The van der Waals surface area contributed by atoms with Gasteiger partial charge in [-0.15, -0.1) is 0 Å². The Hall–Kier alpha value is -2.29. The molecular formula is C20H24O3. The summed E-state index contributed by atoms with van der Waals surface area (Å²) in [4.78, 5) is 11.1. The SMILES string of the molecule is CC(=O)Oc1cc(C)c(Cc2ccc(O)c(C(C)C)c2)c(C)c1. The van der Waals surface area contributed by atoms with Crippen molar-refractivity contribution in [3.05, 3.63) is 58.1 Å². The van der Waals surface area contributed by atoms with Crippen molar-refractivity contribution in [3.63, 3.8) is 0 Å². The molecule has 0 heterocycles. The number of hydrogen-bond acceptors (Lipinski definition) is 3. The smallest absolute Gasteiger partial charge is 0.308 e. The molecule has 3 heteroatoms. The van der Waals surface area contributed by atoms with Gasteiger partial charge in [-0.25, -0.2) is 0 Å². The van der Waals surface area contributed by atoms with Gasteiger partial charge in [-0.1, -0.05) is 26.0 Å². The number of phenols is 1. The van der Waals surface area contributed by atoms with Gasteiger partial charge in [0, 0.05) is 6.92 Å². The van der Waals surface area contributed by atoms with Crippen molar-refractivity contribution in [2.45, 2.75) is 47.0 Å². The van der Waals surface area contributed by atoms with Crippen molar-refractivity contribution in [3.8, 4) is 11.5 Å². The van der Waals surface area contributed by atoms with Gasteiger partial charge in [-0.2, -0.15) is 0 Å². The number of aromatic hydroxyl groups is 1. The molecule has 0 radical (unpaired) electrons. The molecular weight excluding hydrogens is 288 g/mol. The van der Waals surface area contributed by atoms with Crippen LogP contribution in [0.3, 0.4) is 0 Å². The standard InChI is InChI=1S/C20H24O3/c1-12(2)18-10-16(6-7-20(18)22)11-19-13(3)8-17(9-14(19)4)23-15(5)21/h6-10,12,22H,11H2,1-5H3. The molecule has 0 atom stereocenters. The summed E-state index contributed by atoms with van der Waals surface area (Å²) in [6.07, 6.45) is 0.790. The van der Waals surface area contributed by atoms with Crippen molar-refractivity contribution in [1.29, 1.82) is 0 Å². The van der Waals surface area contributed by atoms with E-state index in [9.17, 15) is 9.90 Å². The maximum absolute atomic E-state index is 11.1. The Morgan fingerprint density at radius 2 is 1.74 bits per heavy atom. The van der Waals surface area contributed by atoms with Gasteiger partial charge < -0.3 is 9.84 Å². The molecule has 0 spiro atoms. The molecule has 0 saturated heterocycles. The third-order valence-corrected chi connectivity index (χ3v) is 4.03. The third-order valence-electron chi connectivity index (χ3n) is 4.03. The van der Waals surface area contributed by atoms with E-state index >= 15 is 0 Å². The minimum atomic E-state index is -0.309. The fourth-order valence-corrected chi connectivity index (χ4v) is 2.84. The molecule has 0 bridgehead atoms. The van der Waals surface area contributed by atoms with Gasteiger partial charge in [0.05, 0.1) is 0 Å². The van der Waals surface area contributed by atoms with E-state index in [0.717, 1.165) is 28.7 Å². The van der Waals surface area contributed by atoms with Gasteiger partial charge >= 0.3 is 5.97 Å². The Kier molecular flexibility index (Phi) is 5.09. The molecule has 0 aliphatic rings. The van der Waals surface area contributed by atoms with Crippen LogP contribution in [0.2, 0.25) is 0 Å². The third kappa shape index (κ3) is 4.13. The first-order valence-corrected chi connectivity index (χ1v) is 7.88. The molecule has 0 aromatic heterocycles. The van der Waals surface area contributed by atoms with E-state index in [0.29, 0.717) is 11.5 Å². The number of hydrogen-bond donors (Lipinski definition) is 1. The summed E-state index contributed by atoms with van der Waals surface area (Å²) in [7, 11) is 0. The van der Waals surface area contributed by atoms with E-state index in [-0.39, 0.29) is 11.9 Å². The molecule has 0 saturated carbocycles. The van der Waals surface area contributed by atoms with Gasteiger partial charge in [-0.05, 0) is 72.2 Å². The number of aryl methyl sites for hydroxylation is 2. The van der Waals surface area contributed by atoms with E-state index < -0.39 is 0 Å². The van der Waals surface area contributed by atoms with E-state index in [1.165, 1.54) is 12.5 Å². The number of benzene rings is 2. The van der Waals surface area contributed by atoms with Crippen LogP contribution in [-0.2, 0) is 11.2 Å². The van der Waals surface area contributed by atoms with Crippen molar-refractivity contribution < 1.29 is 14.6 Å². The normalized spacial score (nSPS) is 10.9. The summed E-state index contributed by atoms with van der Waals surface area (Å²) >= 11 is 0. The topological polar surface area (TPSA) is 46.5 Å². The molecule has 2 aromatic rings. The number of carbonyl (C=O) groups is 1. The zero-order valence-electron chi connectivity index (χ0n) is 14.4. The summed E-state index contributed by atoms with van der Waals surface area (Å²) in [6.45, 7) is 9.60. The Labute approximate surface area is 137 Å². The fraction of sp³-hybridized carbons (Fsp3) is 0.350. The highest BCUT2D eigenvalue weighted by Gasteiger charge is 2.11. The lowest BCUT2D eigenvalue weighted by molar-refractivity contribution is -0.131. The Morgan fingerprint density at radius 1 is 1.13 bits per heavy atom. The molecule has 0 aliphatic heterocycles. The quantitative estimate of drug-likeness (QED) is 0.660. The molecule has 0 unspecified atom stereocenters. The lowest BCUT2D eigenvalue weighted by Gasteiger charge is -2.15. The zero-order valence-corrected chi connectivity index (χ0v) is 14.4. The number of carbonyl (C=O) groups excluding carboxylic acids is 1. The average molecular weight is 312 g/mol. The van der Waals surface area contributed by atoms with Crippen LogP contribution in [0.1, 0.15) is 54.5 Å². The molecule has 23 heavy (non-hydrogen) atoms. The van der Waals surface area contributed by atoms with Gasteiger partial charge in [-0.3, -0.25) is 4.79 Å². The van der Waals surface area contributed by atoms with Crippen molar-refractivity contribution in [1.82, 2.24) is 0 Å². The number of rotatable bonds is 4. The van der Waals surface area contributed by atoms with Crippen molar-refractivity contribution in [2.75, 3.05) is 0 Å². The molecule has 0 fully saturated rings. The Balaban J connectivity index is 2.33. The first-order valence-electron chi connectivity index (χ1n) is 7.88.